The van der Waals surface area contributed by atoms with Gasteiger partial charge in [0.15, 0.2) is 5.43 Å². The molecule has 0 spiro atoms. The second-order valence-corrected chi connectivity index (χ2v) is 6.72. The number of aromatic nitrogens is 2. The van der Waals surface area contributed by atoms with Crippen LogP contribution in [0.1, 0.15) is 30.7 Å². The maximum atomic E-state index is 12.3. The van der Waals surface area contributed by atoms with Gasteiger partial charge < -0.3 is 14.7 Å². The van der Waals surface area contributed by atoms with Gasteiger partial charge in [-0.1, -0.05) is 29.8 Å². The number of pyridine rings is 1. The zero-order valence-corrected chi connectivity index (χ0v) is 15.2. The Kier molecular flexibility index (Phi) is 4.64. The van der Waals surface area contributed by atoms with E-state index >= 15 is 0 Å². The Balaban J connectivity index is 2.25. The lowest BCUT2D eigenvalue weighted by atomic mass is 10.0. The molecule has 3 aromatic rings. The van der Waals surface area contributed by atoms with Crippen LogP contribution in [0.15, 0.2) is 46.9 Å². The average molecular weight is 336 g/mol. The van der Waals surface area contributed by atoms with Crippen LogP contribution in [0.25, 0.3) is 22.2 Å². The predicted molar refractivity (Wildman–Crippen MR) is 103 cm³/mol. The second kappa shape index (κ2) is 6.73. The molecule has 0 aliphatic heterocycles. The van der Waals surface area contributed by atoms with E-state index in [-0.39, 0.29) is 12.0 Å². The second-order valence-electron chi connectivity index (χ2n) is 6.72. The van der Waals surface area contributed by atoms with E-state index < -0.39 is 0 Å². The number of nitrogens with zero attached hydrogens (tertiary/aromatic N) is 1. The molecule has 4 heteroatoms. The molecule has 0 unspecified atom stereocenters. The Bertz CT molecular complexity index is 1020. The minimum Gasteiger partial charge on any atom is -0.390 e. The lowest BCUT2D eigenvalue weighted by molar-refractivity contribution is 0.272. The Morgan fingerprint density at radius 1 is 1.32 bits per heavy atom. The number of H-pyrrole nitrogens is 1. The first-order valence-electron chi connectivity index (χ1n) is 8.47. The normalized spacial score (nSPS) is 11.1. The van der Waals surface area contributed by atoms with E-state index in [4.69, 9.17) is 0 Å². The summed E-state index contributed by atoms with van der Waals surface area (Å²) in [5.74, 6) is 0. The van der Waals surface area contributed by atoms with Crippen molar-refractivity contribution in [2.24, 2.45) is 7.05 Å². The third kappa shape index (κ3) is 3.05. The Hall–Kier alpha value is -2.59. The van der Waals surface area contributed by atoms with E-state index in [9.17, 15) is 9.90 Å². The molecule has 0 radical (unpaired) electrons. The molecule has 0 amide bonds. The third-order valence-corrected chi connectivity index (χ3v) is 4.74. The van der Waals surface area contributed by atoms with E-state index in [1.54, 1.807) is 0 Å². The van der Waals surface area contributed by atoms with Gasteiger partial charge in [-0.25, -0.2) is 0 Å². The van der Waals surface area contributed by atoms with Gasteiger partial charge in [0.1, 0.15) is 0 Å². The quantitative estimate of drug-likeness (QED) is 0.711. The molecule has 0 bridgehead atoms. The van der Waals surface area contributed by atoms with Gasteiger partial charge in [-0.2, -0.15) is 0 Å². The molecule has 4 nitrogen and oxygen atoms in total. The van der Waals surface area contributed by atoms with Crippen molar-refractivity contribution in [2.75, 3.05) is 0 Å². The van der Waals surface area contributed by atoms with Gasteiger partial charge in [-0.15, -0.1) is 0 Å². The highest BCUT2D eigenvalue weighted by Gasteiger charge is 2.16. The fourth-order valence-corrected chi connectivity index (χ4v) is 3.30. The van der Waals surface area contributed by atoms with Crippen LogP contribution < -0.4 is 5.43 Å². The number of allylic oxidation sites excluding steroid dienone is 2. The molecule has 130 valence electrons. The molecule has 0 aliphatic carbocycles. The van der Waals surface area contributed by atoms with Crippen molar-refractivity contribution in [2.45, 2.75) is 33.8 Å². The molecule has 2 aromatic heterocycles. The lowest BCUT2D eigenvalue weighted by Crippen LogP contribution is -2.16. The predicted octanol–water partition coefficient (Wildman–Crippen LogP) is 3.84. The zero-order valence-electron chi connectivity index (χ0n) is 15.2. The van der Waals surface area contributed by atoms with Gasteiger partial charge in [-0.05, 0) is 32.8 Å². The summed E-state index contributed by atoms with van der Waals surface area (Å²) in [6.07, 6.45) is 5.04. The summed E-state index contributed by atoms with van der Waals surface area (Å²) >= 11 is 0. The molecule has 2 heterocycles. The van der Waals surface area contributed by atoms with Gasteiger partial charge in [0.05, 0.1) is 12.3 Å². The maximum Gasteiger partial charge on any atom is 0.185 e. The molecular formula is C21H24N2O2. The molecule has 0 saturated heterocycles. The SMILES string of the molecule is CC(C)=CCc1cccc2c(-c3c(C)c(=O)cc(CO)n3C)c[nH]c12. The van der Waals surface area contributed by atoms with Crippen LogP contribution in [0.4, 0.5) is 0 Å². The minimum absolute atomic E-state index is 0.0489. The summed E-state index contributed by atoms with van der Waals surface area (Å²) in [4.78, 5) is 15.7. The van der Waals surface area contributed by atoms with Crippen LogP contribution in [0.2, 0.25) is 0 Å². The largest absolute Gasteiger partial charge is 0.390 e. The van der Waals surface area contributed by atoms with Crippen LogP contribution in [0.5, 0.6) is 0 Å². The van der Waals surface area contributed by atoms with E-state index in [1.807, 2.05) is 24.7 Å². The highest BCUT2D eigenvalue weighted by molar-refractivity contribution is 5.97. The van der Waals surface area contributed by atoms with Crippen molar-refractivity contribution in [3.63, 3.8) is 0 Å². The molecule has 0 atom stereocenters. The highest BCUT2D eigenvalue weighted by atomic mass is 16.3. The monoisotopic (exact) mass is 336 g/mol. The summed E-state index contributed by atoms with van der Waals surface area (Å²) in [7, 11) is 1.89. The number of aromatic amines is 1. The van der Waals surface area contributed by atoms with Crippen LogP contribution in [0.3, 0.4) is 0 Å². The standard InChI is InChI=1S/C21H24N2O2/c1-13(2)8-9-15-6-5-7-17-18(11-22-20(15)17)21-14(3)19(25)10-16(12-24)23(21)4/h5-8,10-11,22,24H,9,12H2,1-4H3. The lowest BCUT2D eigenvalue weighted by Gasteiger charge is -2.15. The number of hydrogen-bond donors (Lipinski definition) is 2. The molecule has 1 aromatic carbocycles. The maximum absolute atomic E-state index is 12.3. The Morgan fingerprint density at radius 2 is 2.08 bits per heavy atom. The van der Waals surface area contributed by atoms with Crippen molar-refractivity contribution in [3.05, 3.63) is 69.2 Å². The average Bonchev–Trinajstić information content (AvgIpc) is 3.01. The van der Waals surface area contributed by atoms with Crippen molar-refractivity contribution in [1.29, 1.82) is 0 Å². The Labute approximate surface area is 147 Å². The smallest absolute Gasteiger partial charge is 0.185 e. The van der Waals surface area contributed by atoms with Gasteiger partial charge >= 0.3 is 0 Å². The van der Waals surface area contributed by atoms with Crippen LogP contribution >= 0.6 is 0 Å². The molecule has 0 saturated carbocycles. The van der Waals surface area contributed by atoms with Gasteiger partial charge in [0, 0.05) is 47.0 Å². The van der Waals surface area contributed by atoms with E-state index in [1.165, 1.54) is 17.2 Å². The summed E-state index contributed by atoms with van der Waals surface area (Å²) in [6.45, 7) is 5.87. The number of aliphatic hydroxyl groups excluding tert-OH is 1. The molecule has 2 N–H and O–H groups in total. The van der Waals surface area contributed by atoms with E-state index in [0.29, 0.717) is 11.3 Å². The van der Waals surface area contributed by atoms with Gasteiger partial charge in [0.2, 0.25) is 0 Å². The number of para-hydroxylation sites is 1. The molecule has 25 heavy (non-hydrogen) atoms. The summed E-state index contributed by atoms with van der Waals surface area (Å²) in [5, 5.41) is 10.7. The van der Waals surface area contributed by atoms with Crippen LogP contribution in [0, 0.1) is 6.92 Å². The minimum atomic E-state index is -0.160. The van der Waals surface area contributed by atoms with Gasteiger partial charge in [0.25, 0.3) is 0 Å². The van der Waals surface area contributed by atoms with Gasteiger partial charge in [-0.3, -0.25) is 4.79 Å². The van der Waals surface area contributed by atoms with Crippen molar-refractivity contribution in [1.82, 2.24) is 9.55 Å². The van der Waals surface area contributed by atoms with E-state index in [2.05, 4.69) is 43.1 Å². The zero-order chi connectivity index (χ0) is 18.1. The number of aliphatic hydroxyl groups is 1. The molecule has 0 fully saturated rings. The first-order valence-corrected chi connectivity index (χ1v) is 8.47. The fraction of sp³-hybridized carbons (Fsp3) is 0.286. The number of rotatable bonds is 4. The number of hydrogen-bond acceptors (Lipinski definition) is 2. The van der Waals surface area contributed by atoms with Crippen LogP contribution in [-0.4, -0.2) is 14.7 Å². The summed E-state index contributed by atoms with van der Waals surface area (Å²) < 4.78 is 1.90. The number of nitrogens with one attached hydrogen (secondary N) is 1. The first kappa shape index (κ1) is 17.2. The number of benzene rings is 1. The first-order chi connectivity index (χ1) is 11.9. The van der Waals surface area contributed by atoms with Crippen LogP contribution in [-0.2, 0) is 20.1 Å². The fourth-order valence-electron chi connectivity index (χ4n) is 3.30. The molecule has 3 rings (SSSR count). The van der Waals surface area contributed by atoms with E-state index in [0.717, 1.165) is 28.6 Å². The molecule has 0 aliphatic rings. The van der Waals surface area contributed by atoms with Crippen molar-refractivity contribution in [3.8, 4) is 11.3 Å². The summed E-state index contributed by atoms with van der Waals surface area (Å²) in [5.41, 5.74) is 6.70. The number of fused-ring (bicyclic) bond motifs is 1. The topological polar surface area (TPSA) is 58.0 Å². The summed E-state index contributed by atoms with van der Waals surface area (Å²) in [6, 6.07) is 7.76. The molecular weight excluding hydrogens is 312 g/mol. The highest BCUT2D eigenvalue weighted by Crippen LogP contribution is 2.32. The van der Waals surface area contributed by atoms with Crippen molar-refractivity contribution >= 4 is 10.9 Å². The Morgan fingerprint density at radius 3 is 2.76 bits per heavy atom. The van der Waals surface area contributed by atoms with Crippen molar-refractivity contribution < 1.29 is 5.11 Å². The third-order valence-electron chi connectivity index (χ3n) is 4.74.